The van der Waals surface area contributed by atoms with Gasteiger partial charge >= 0.3 is 6.03 Å². The summed E-state index contributed by atoms with van der Waals surface area (Å²) in [5.74, 6) is 0.0498. The number of anilines is 2. The van der Waals surface area contributed by atoms with E-state index >= 15 is 0 Å². The molecule has 0 unspecified atom stereocenters. The van der Waals surface area contributed by atoms with Gasteiger partial charge in [-0.15, -0.1) is 5.10 Å². The summed E-state index contributed by atoms with van der Waals surface area (Å²) in [6.45, 7) is 1.91. The van der Waals surface area contributed by atoms with Crippen LogP contribution in [-0.4, -0.2) is 45.9 Å². The first-order chi connectivity index (χ1) is 10.4. The van der Waals surface area contributed by atoms with E-state index in [1.807, 2.05) is 31.2 Å². The molecule has 0 atom stereocenters. The van der Waals surface area contributed by atoms with Crippen LogP contribution < -0.4 is 10.6 Å². The third-order valence-corrected chi connectivity index (χ3v) is 2.76. The maximum Gasteiger partial charge on any atom is 0.322 e. The summed E-state index contributed by atoms with van der Waals surface area (Å²) in [6.07, 6.45) is 1.39. The fourth-order valence-electron chi connectivity index (χ4n) is 1.70. The van der Waals surface area contributed by atoms with Gasteiger partial charge in [0.25, 0.3) is 0 Å². The molecule has 22 heavy (non-hydrogen) atoms. The zero-order valence-corrected chi connectivity index (χ0v) is 12.7. The molecular weight excluding hydrogens is 284 g/mol. The fraction of sp³-hybridized carbons (Fsp3) is 0.286. The third-order valence-electron chi connectivity index (χ3n) is 2.76. The Balaban J connectivity index is 1.92. The number of aromatic nitrogens is 3. The van der Waals surface area contributed by atoms with E-state index < -0.39 is 0 Å². The standard InChI is InChI=1S/C14H18N6O2/c1-10-5-4-6-11(7-10)16-13(21)9-20-15-8-12(18-20)17-14(22)19(2)3/h4-8H,9H2,1-3H3,(H,16,21)(H,17,18,22). The second-order valence-corrected chi connectivity index (χ2v) is 5.00. The average Bonchev–Trinajstić information content (AvgIpc) is 2.85. The molecule has 2 aromatic rings. The predicted octanol–water partition coefficient (Wildman–Crippen LogP) is 1.32. The van der Waals surface area contributed by atoms with Crippen molar-refractivity contribution >= 4 is 23.4 Å². The summed E-state index contributed by atoms with van der Waals surface area (Å²) >= 11 is 0. The lowest BCUT2D eigenvalue weighted by Gasteiger charge is -2.09. The lowest BCUT2D eigenvalue weighted by atomic mass is 10.2. The molecule has 0 saturated carbocycles. The number of rotatable bonds is 4. The predicted molar refractivity (Wildman–Crippen MR) is 82.5 cm³/mol. The highest BCUT2D eigenvalue weighted by molar-refractivity contribution is 5.90. The second kappa shape index (κ2) is 6.70. The zero-order valence-electron chi connectivity index (χ0n) is 12.7. The molecular formula is C14H18N6O2. The molecule has 1 aromatic heterocycles. The van der Waals surface area contributed by atoms with Gasteiger partial charge in [0, 0.05) is 19.8 Å². The van der Waals surface area contributed by atoms with Crippen molar-refractivity contribution in [1.29, 1.82) is 0 Å². The topological polar surface area (TPSA) is 92.2 Å². The average molecular weight is 302 g/mol. The van der Waals surface area contributed by atoms with Crippen molar-refractivity contribution in [2.24, 2.45) is 0 Å². The van der Waals surface area contributed by atoms with Crippen molar-refractivity contribution in [3.63, 3.8) is 0 Å². The minimum Gasteiger partial charge on any atom is -0.331 e. The summed E-state index contributed by atoms with van der Waals surface area (Å²) in [6, 6.07) is 7.19. The molecule has 1 heterocycles. The van der Waals surface area contributed by atoms with Gasteiger partial charge in [0.2, 0.25) is 5.91 Å². The molecule has 0 aliphatic heterocycles. The number of carbonyl (C=O) groups is 2. The van der Waals surface area contributed by atoms with E-state index in [-0.39, 0.29) is 18.5 Å². The largest absolute Gasteiger partial charge is 0.331 e. The van der Waals surface area contributed by atoms with Crippen LogP contribution in [0.4, 0.5) is 16.3 Å². The highest BCUT2D eigenvalue weighted by Gasteiger charge is 2.10. The highest BCUT2D eigenvalue weighted by atomic mass is 16.2. The molecule has 0 saturated heterocycles. The highest BCUT2D eigenvalue weighted by Crippen LogP contribution is 2.09. The van der Waals surface area contributed by atoms with Crippen molar-refractivity contribution < 1.29 is 9.59 Å². The first-order valence-corrected chi connectivity index (χ1v) is 6.69. The Bertz CT molecular complexity index is 679. The molecule has 0 radical (unpaired) electrons. The van der Waals surface area contributed by atoms with Crippen LogP contribution >= 0.6 is 0 Å². The van der Waals surface area contributed by atoms with Gasteiger partial charge in [0.05, 0.1) is 6.20 Å². The van der Waals surface area contributed by atoms with Crippen LogP contribution in [0.1, 0.15) is 5.56 Å². The van der Waals surface area contributed by atoms with Crippen LogP contribution in [0, 0.1) is 6.92 Å². The van der Waals surface area contributed by atoms with E-state index in [1.165, 1.54) is 15.9 Å². The minimum absolute atomic E-state index is 0.0359. The molecule has 0 bridgehead atoms. The van der Waals surface area contributed by atoms with E-state index in [2.05, 4.69) is 20.8 Å². The molecule has 116 valence electrons. The Labute approximate surface area is 128 Å². The molecule has 0 spiro atoms. The number of hydrogen-bond donors (Lipinski definition) is 2. The summed E-state index contributed by atoms with van der Waals surface area (Å²) in [7, 11) is 3.24. The first-order valence-electron chi connectivity index (χ1n) is 6.69. The Kier molecular flexibility index (Phi) is 4.72. The van der Waals surface area contributed by atoms with Crippen molar-refractivity contribution in [3.8, 4) is 0 Å². The van der Waals surface area contributed by atoms with Crippen molar-refractivity contribution in [2.45, 2.75) is 13.5 Å². The number of benzene rings is 1. The number of nitrogens with one attached hydrogen (secondary N) is 2. The molecule has 3 amide bonds. The van der Waals surface area contributed by atoms with Crippen LogP contribution in [0.15, 0.2) is 30.5 Å². The van der Waals surface area contributed by atoms with Gasteiger partial charge < -0.3 is 10.2 Å². The molecule has 2 N–H and O–H groups in total. The minimum atomic E-state index is -0.309. The van der Waals surface area contributed by atoms with E-state index in [1.54, 1.807) is 14.1 Å². The Morgan fingerprint density at radius 1 is 1.27 bits per heavy atom. The lowest BCUT2D eigenvalue weighted by molar-refractivity contribution is -0.117. The van der Waals surface area contributed by atoms with Crippen LogP contribution in [-0.2, 0) is 11.3 Å². The van der Waals surface area contributed by atoms with Crippen LogP contribution in [0.3, 0.4) is 0 Å². The molecule has 0 aliphatic carbocycles. The Morgan fingerprint density at radius 3 is 2.73 bits per heavy atom. The number of urea groups is 1. The van der Waals surface area contributed by atoms with E-state index in [0.29, 0.717) is 5.82 Å². The smallest absolute Gasteiger partial charge is 0.322 e. The fourth-order valence-corrected chi connectivity index (χ4v) is 1.70. The van der Waals surface area contributed by atoms with Crippen molar-refractivity contribution in [2.75, 3.05) is 24.7 Å². The zero-order chi connectivity index (χ0) is 16.1. The molecule has 8 nitrogen and oxygen atoms in total. The van der Waals surface area contributed by atoms with Gasteiger partial charge in [0.15, 0.2) is 5.82 Å². The summed E-state index contributed by atoms with van der Waals surface area (Å²) < 4.78 is 0. The van der Waals surface area contributed by atoms with Gasteiger partial charge in [-0.2, -0.15) is 9.90 Å². The monoisotopic (exact) mass is 302 g/mol. The summed E-state index contributed by atoms with van der Waals surface area (Å²) in [4.78, 5) is 26.0. The Hall–Kier alpha value is -2.90. The summed E-state index contributed by atoms with van der Waals surface area (Å²) in [5.41, 5.74) is 1.78. The number of aryl methyl sites for hydroxylation is 1. The van der Waals surface area contributed by atoms with Gasteiger partial charge in [-0.05, 0) is 24.6 Å². The molecule has 0 aliphatic rings. The number of hydrogen-bond acceptors (Lipinski definition) is 4. The normalized spacial score (nSPS) is 10.1. The lowest BCUT2D eigenvalue weighted by Crippen LogP contribution is -2.27. The molecule has 1 aromatic carbocycles. The van der Waals surface area contributed by atoms with Gasteiger partial charge in [-0.3, -0.25) is 10.1 Å². The van der Waals surface area contributed by atoms with Crippen LogP contribution in [0.5, 0.6) is 0 Å². The maximum atomic E-state index is 11.9. The van der Waals surface area contributed by atoms with Gasteiger partial charge in [-0.25, -0.2) is 4.79 Å². The molecule has 2 rings (SSSR count). The van der Waals surface area contributed by atoms with Crippen LogP contribution in [0.2, 0.25) is 0 Å². The number of nitrogens with zero attached hydrogens (tertiary/aromatic N) is 4. The van der Waals surface area contributed by atoms with Crippen molar-refractivity contribution in [1.82, 2.24) is 19.9 Å². The molecule has 8 heteroatoms. The quantitative estimate of drug-likeness (QED) is 0.891. The number of carbonyl (C=O) groups excluding carboxylic acids is 2. The van der Waals surface area contributed by atoms with Crippen LogP contribution in [0.25, 0.3) is 0 Å². The van der Waals surface area contributed by atoms with Gasteiger partial charge in [0.1, 0.15) is 6.54 Å². The second-order valence-electron chi connectivity index (χ2n) is 5.00. The van der Waals surface area contributed by atoms with E-state index in [9.17, 15) is 9.59 Å². The number of amides is 3. The van der Waals surface area contributed by atoms with E-state index in [4.69, 9.17) is 0 Å². The Morgan fingerprint density at radius 2 is 2.05 bits per heavy atom. The SMILES string of the molecule is Cc1cccc(NC(=O)Cn2ncc(NC(=O)N(C)C)n2)c1. The van der Waals surface area contributed by atoms with E-state index in [0.717, 1.165) is 11.3 Å². The maximum absolute atomic E-state index is 11.9. The van der Waals surface area contributed by atoms with Gasteiger partial charge in [-0.1, -0.05) is 12.1 Å². The third kappa shape index (κ3) is 4.30. The first kappa shape index (κ1) is 15.5. The molecule has 0 fully saturated rings. The van der Waals surface area contributed by atoms with Crippen molar-refractivity contribution in [3.05, 3.63) is 36.0 Å². The summed E-state index contributed by atoms with van der Waals surface area (Å²) in [5, 5.41) is 13.3.